The normalized spacial score (nSPS) is 14.7. The summed E-state index contributed by atoms with van der Waals surface area (Å²) in [7, 11) is -3.90. The molecule has 0 spiro atoms. The Morgan fingerprint density at radius 1 is 1.05 bits per heavy atom. The number of benzene rings is 2. The van der Waals surface area contributed by atoms with Crippen LogP contribution in [-0.2, 0) is 26.2 Å². The van der Waals surface area contributed by atoms with E-state index in [4.69, 9.17) is 23.2 Å². The third-order valence-electron chi connectivity index (χ3n) is 6.43. The first kappa shape index (κ1) is 28.9. The van der Waals surface area contributed by atoms with E-state index in [1.54, 1.807) is 37.3 Å². The number of sulfonamides is 1. The van der Waals surface area contributed by atoms with Crippen LogP contribution in [0.2, 0.25) is 10.0 Å². The van der Waals surface area contributed by atoms with Crippen molar-refractivity contribution in [3.05, 3.63) is 63.6 Å². The summed E-state index contributed by atoms with van der Waals surface area (Å²) in [5.41, 5.74) is 1.13. The lowest BCUT2D eigenvalue weighted by Crippen LogP contribution is -2.52. The number of halogens is 2. The monoisotopic (exact) mass is 567 g/mol. The van der Waals surface area contributed by atoms with Crippen molar-refractivity contribution in [1.29, 1.82) is 0 Å². The van der Waals surface area contributed by atoms with Gasteiger partial charge >= 0.3 is 0 Å². The van der Waals surface area contributed by atoms with E-state index in [9.17, 15) is 22.8 Å². The molecule has 2 aromatic carbocycles. The predicted octanol–water partition coefficient (Wildman–Crippen LogP) is 4.44. The Bertz CT molecular complexity index is 1280. The molecule has 1 aliphatic carbocycles. The molecule has 0 aliphatic heterocycles. The van der Waals surface area contributed by atoms with E-state index in [-0.39, 0.29) is 30.0 Å². The molecule has 1 aliphatic rings. The zero-order valence-electron chi connectivity index (χ0n) is 21.0. The Balaban J connectivity index is 1.92. The predicted molar refractivity (Wildman–Crippen MR) is 146 cm³/mol. The van der Waals surface area contributed by atoms with Gasteiger partial charge in [0, 0.05) is 18.2 Å². The molecule has 3 rings (SSSR count). The Hall–Kier alpha value is -2.62. The smallest absolute Gasteiger partial charge is 0.244 e. The first-order valence-corrected chi connectivity index (χ1v) is 14.6. The minimum atomic E-state index is -3.90. The van der Waals surface area contributed by atoms with Gasteiger partial charge < -0.3 is 10.2 Å². The van der Waals surface area contributed by atoms with E-state index in [1.165, 1.54) is 24.0 Å². The lowest BCUT2D eigenvalue weighted by atomic mass is 10.1. The van der Waals surface area contributed by atoms with Crippen LogP contribution >= 0.6 is 23.2 Å². The summed E-state index contributed by atoms with van der Waals surface area (Å²) < 4.78 is 26.3. The second-order valence-electron chi connectivity index (χ2n) is 9.31. The van der Waals surface area contributed by atoms with Gasteiger partial charge in [-0.15, -0.1) is 0 Å². The van der Waals surface area contributed by atoms with Crippen LogP contribution in [0.15, 0.2) is 42.5 Å². The van der Waals surface area contributed by atoms with Crippen molar-refractivity contribution < 1.29 is 22.8 Å². The summed E-state index contributed by atoms with van der Waals surface area (Å²) >= 11 is 12.2. The van der Waals surface area contributed by atoms with Crippen molar-refractivity contribution in [2.24, 2.45) is 0 Å². The number of rotatable bonds is 10. The SMILES string of the molecule is CC(=O)c1cccc(N(CC(=O)N(Cc2ccc(Cl)c(Cl)c2)[C@@H](C)C(=O)NC2CCCC2)S(C)(=O)=O)c1. The largest absolute Gasteiger partial charge is 0.352 e. The highest BCUT2D eigenvalue weighted by molar-refractivity contribution is 7.92. The van der Waals surface area contributed by atoms with E-state index in [1.807, 2.05) is 0 Å². The number of nitrogens with one attached hydrogen (secondary N) is 1. The van der Waals surface area contributed by atoms with Crippen LogP contribution in [0.1, 0.15) is 55.5 Å². The Kier molecular flexibility index (Phi) is 9.61. The van der Waals surface area contributed by atoms with Crippen molar-refractivity contribution in [2.75, 3.05) is 17.1 Å². The van der Waals surface area contributed by atoms with E-state index >= 15 is 0 Å². The van der Waals surface area contributed by atoms with Crippen LogP contribution in [0, 0.1) is 0 Å². The molecule has 11 heteroatoms. The summed E-state index contributed by atoms with van der Waals surface area (Å²) in [5, 5.41) is 3.66. The van der Waals surface area contributed by atoms with E-state index < -0.39 is 28.5 Å². The van der Waals surface area contributed by atoms with E-state index in [0.29, 0.717) is 21.2 Å². The molecule has 2 aromatic rings. The molecule has 0 radical (unpaired) electrons. The molecule has 2 amide bonds. The van der Waals surface area contributed by atoms with Crippen LogP contribution in [0.4, 0.5) is 5.69 Å². The fourth-order valence-corrected chi connectivity index (χ4v) is 5.47. The van der Waals surface area contributed by atoms with E-state index in [0.717, 1.165) is 36.2 Å². The number of hydrogen-bond donors (Lipinski definition) is 1. The van der Waals surface area contributed by atoms with Crippen LogP contribution in [0.3, 0.4) is 0 Å². The van der Waals surface area contributed by atoms with Crippen molar-refractivity contribution in [1.82, 2.24) is 10.2 Å². The number of anilines is 1. The zero-order valence-corrected chi connectivity index (χ0v) is 23.4. The summed E-state index contributed by atoms with van der Waals surface area (Å²) in [6.07, 6.45) is 4.82. The highest BCUT2D eigenvalue weighted by Crippen LogP contribution is 2.25. The molecule has 1 fully saturated rings. The lowest BCUT2D eigenvalue weighted by molar-refractivity contribution is -0.139. The van der Waals surface area contributed by atoms with Gasteiger partial charge in [-0.3, -0.25) is 18.7 Å². The average Bonchev–Trinajstić information content (AvgIpc) is 3.35. The van der Waals surface area contributed by atoms with Gasteiger partial charge in [-0.1, -0.05) is 54.2 Å². The number of nitrogens with zero attached hydrogens (tertiary/aromatic N) is 2. The maximum absolute atomic E-state index is 13.6. The Morgan fingerprint density at radius 2 is 1.73 bits per heavy atom. The number of carbonyl (C=O) groups excluding carboxylic acids is 3. The molecular weight excluding hydrogens is 537 g/mol. The van der Waals surface area contributed by atoms with Gasteiger partial charge in [0.1, 0.15) is 12.6 Å². The molecule has 8 nitrogen and oxygen atoms in total. The maximum Gasteiger partial charge on any atom is 0.244 e. The average molecular weight is 569 g/mol. The quantitative estimate of drug-likeness (QED) is 0.427. The minimum Gasteiger partial charge on any atom is -0.352 e. The van der Waals surface area contributed by atoms with Crippen LogP contribution in [-0.4, -0.2) is 55.8 Å². The van der Waals surface area contributed by atoms with Crippen molar-refractivity contribution in [2.45, 2.75) is 58.2 Å². The van der Waals surface area contributed by atoms with Crippen LogP contribution in [0.5, 0.6) is 0 Å². The van der Waals surface area contributed by atoms with Gasteiger partial charge in [-0.05, 0) is 56.5 Å². The lowest BCUT2D eigenvalue weighted by Gasteiger charge is -2.32. The molecule has 1 N–H and O–H groups in total. The van der Waals surface area contributed by atoms with Gasteiger partial charge in [0.2, 0.25) is 21.8 Å². The van der Waals surface area contributed by atoms with Gasteiger partial charge in [0.25, 0.3) is 0 Å². The standard InChI is InChI=1S/C26H31Cl2N3O5S/c1-17(26(34)29-21-8-4-5-9-21)30(15-19-11-12-23(27)24(28)13-19)25(33)16-31(37(3,35)36)22-10-6-7-20(14-22)18(2)32/h6-7,10-14,17,21H,4-5,8-9,15-16H2,1-3H3,(H,29,34)/t17-/m0/s1. The zero-order chi connectivity index (χ0) is 27.3. The van der Waals surface area contributed by atoms with Gasteiger partial charge in [0.05, 0.1) is 22.0 Å². The summed E-state index contributed by atoms with van der Waals surface area (Å²) in [6.45, 7) is 2.45. The maximum atomic E-state index is 13.6. The number of amides is 2. The molecule has 0 unspecified atom stereocenters. The second-order valence-corrected chi connectivity index (χ2v) is 12.0. The Labute approximate surface area is 228 Å². The van der Waals surface area contributed by atoms with Crippen LogP contribution < -0.4 is 9.62 Å². The van der Waals surface area contributed by atoms with Gasteiger partial charge in [-0.2, -0.15) is 0 Å². The van der Waals surface area contributed by atoms with E-state index in [2.05, 4.69) is 5.32 Å². The van der Waals surface area contributed by atoms with Gasteiger partial charge in [0.15, 0.2) is 5.78 Å². The highest BCUT2D eigenvalue weighted by Gasteiger charge is 2.31. The molecule has 1 atom stereocenters. The second kappa shape index (κ2) is 12.3. The number of Topliss-reactive ketones (excluding diaryl/α,β-unsaturated/α-hetero) is 1. The number of carbonyl (C=O) groups is 3. The molecule has 0 aromatic heterocycles. The molecule has 1 saturated carbocycles. The fraction of sp³-hybridized carbons (Fsp3) is 0.423. The van der Waals surface area contributed by atoms with Crippen molar-refractivity contribution in [3.63, 3.8) is 0 Å². The van der Waals surface area contributed by atoms with Gasteiger partial charge in [-0.25, -0.2) is 8.42 Å². The first-order chi connectivity index (χ1) is 17.4. The third kappa shape index (κ3) is 7.69. The third-order valence-corrected chi connectivity index (χ3v) is 8.31. The molecule has 0 bridgehead atoms. The summed E-state index contributed by atoms with van der Waals surface area (Å²) in [5.74, 6) is -1.14. The molecular formula is C26H31Cl2N3O5S. The molecule has 37 heavy (non-hydrogen) atoms. The summed E-state index contributed by atoms with van der Waals surface area (Å²) in [4.78, 5) is 39.9. The van der Waals surface area contributed by atoms with Crippen LogP contribution in [0.25, 0.3) is 0 Å². The topological polar surface area (TPSA) is 104 Å². The molecule has 0 saturated heterocycles. The minimum absolute atomic E-state index is 0.0140. The number of hydrogen-bond acceptors (Lipinski definition) is 5. The number of ketones is 1. The molecule has 0 heterocycles. The first-order valence-electron chi connectivity index (χ1n) is 12.0. The molecule has 200 valence electrons. The Morgan fingerprint density at radius 3 is 2.32 bits per heavy atom. The fourth-order valence-electron chi connectivity index (χ4n) is 4.30. The van der Waals surface area contributed by atoms with Crippen molar-refractivity contribution in [3.8, 4) is 0 Å². The highest BCUT2D eigenvalue weighted by atomic mass is 35.5. The van der Waals surface area contributed by atoms with Crippen molar-refractivity contribution >= 4 is 56.5 Å². The summed E-state index contributed by atoms with van der Waals surface area (Å²) in [6, 6.07) is 10.1.